The van der Waals surface area contributed by atoms with Crippen LogP contribution in [-0.4, -0.2) is 104 Å². The number of carbonyl (C=O) groups is 2. The number of carbonyl (C=O) groups excluding carboxylic acids is 1. The summed E-state index contributed by atoms with van der Waals surface area (Å²) in [4.78, 5) is 34.9. The average molecular weight is 1180 g/mol. The second-order valence-electron chi connectivity index (χ2n) is 15.7. The van der Waals surface area contributed by atoms with Crippen molar-refractivity contribution in [1.29, 1.82) is 0 Å². The molecule has 408 valence electrons. The Morgan fingerprint density at radius 1 is 0.595 bits per heavy atom. The largest absolute Gasteiger partial charge is 0.494 e. The maximum atomic E-state index is 13.0. The van der Waals surface area contributed by atoms with E-state index < -0.39 is 88.2 Å². The summed E-state index contributed by atoms with van der Waals surface area (Å²) >= 11 is 0. The number of benzene rings is 6. The van der Waals surface area contributed by atoms with Gasteiger partial charge < -0.3 is 25.8 Å². The summed E-state index contributed by atoms with van der Waals surface area (Å²) in [7, 11) is -21.4. The maximum Gasteiger partial charge on any atom is 0.444 e. The SMILES string of the molecule is COc1cc(N=Nc2cc3c(S(=O)(=O)O)cccc3cc2S(=O)(=O)O)c(NC(C)=O)cc1N=Nc1ccc(Nc2nc(Nc3cccc(S(=O)(=O)O)c3)nc(-[n+]3cccc(C(=O)O)c3)n2)c2c(S(=O)(=O)O)cccc12.O=S(=O)=O. The highest BCUT2D eigenvalue weighted by Gasteiger charge is 2.25. The Labute approximate surface area is 446 Å². The fourth-order valence-electron chi connectivity index (χ4n) is 7.23. The number of pyridine rings is 1. The highest BCUT2D eigenvalue weighted by molar-refractivity contribution is 7.86. The molecular formula is C44H34N11O19S5+. The molecule has 0 radical (unpaired) electrons. The standard InChI is InChI=1S/C44H33N11O16S4.O3S/c1-23(56)45-32-20-34(36(71-2)21-33(32)52-54-35-19-29-24(17-39(35)75(68,69)70)7-3-12-37(29)73(62,63)64)53-51-30-14-15-31(40-28(30)11-5-13-38(40)74(65,66)67)47-43-48-42(46-26-9-4-10-27(18-26)72(59,60)61)49-44(50-43)55-16-6-8-25(22-55)41(57)58;1-4(2)3/h3-22H,1-2H3,(H7-,45,46,47,48,49,50,53,54,56,57,58,59,60,61,62,63,64,65,66,67,68,69,70);/p+1. The lowest BCUT2D eigenvalue weighted by Crippen LogP contribution is -2.34. The van der Waals surface area contributed by atoms with Crippen molar-refractivity contribution in [3.8, 4) is 11.7 Å². The molecule has 0 spiro atoms. The number of ether oxygens (including phenoxy) is 1. The topological polar surface area (TPSA) is 460 Å². The minimum Gasteiger partial charge on any atom is -0.494 e. The predicted octanol–water partition coefficient (Wildman–Crippen LogP) is 6.42. The van der Waals surface area contributed by atoms with E-state index in [-0.39, 0.29) is 84.8 Å². The number of aromatic carboxylic acids is 1. The van der Waals surface area contributed by atoms with Gasteiger partial charge in [0.25, 0.3) is 40.5 Å². The summed E-state index contributed by atoms with van der Waals surface area (Å²) in [6.45, 7) is 1.15. The third kappa shape index (κ3) is 14.1. The number of azo groups is 2. The Balaban J connectivity index is 0.00000218. The summed E-state index contributed by atoms with van der Waals surface area (Å²) in [6, 6.07) is 22.1. The summed E-state index contributed by atoms with van der Waals surface area (Å²) in [5.41, 5.74) is -1.15. The van der Waals surface area contributed by atoms with Crippen LogP contribution in [0.3, 0.4) is 0 Å². The van der Waals surface area contributed by atoms with Crippen LogP contribution < -0.4 is 25.3 Å². The van der Waals surface area contributed by atoms with Crippen molar-refractivity contribution < 1.29 is 88.5 Å². The van der Waals surface area contributed by atoms with Crippen LogP contribution in [0.4, 0.5) is 51.7 Å². The number of hydrogen-bond acceptors (Lipinski definition) is 23. The molecule has 0 saturated carbocycles. The molecule has 2 aromatic heterocycles. The molecule has 79 heavy (non-hydrogen) atoms. The first-order chi connectivity index (χ1) is 37.0. The van der Waals surface area contributed by atoms with E-state index in [2.05, 4.69) is 51.4 Å². The number of rotatable bonds is 16. The molecule has 0 aliphatic heterocycles. The van der Waals surface area contributed by atoms with E-state index in [1.165, 1.54) is 96.9 Å². The van der Waals surface area contributed by atoms with E-state index in [1.807, 2.05) is 0 Å². The van der Waals surface area contributed by atoms with Gasteiger partial charge in [0.05, 0.1) is 47.0 Å². The lowest BCUT2D eigenvalue weighted by Gasteiger charge is -2.13. The molecule has 8 N–H and O–H groups in total. The maximum absolute atomic E-state index is 13.0. The molecule has 0 aliphatic carbocycles. The van der Waals surface area contributed by atoms with Crippen LogP contribution in [0, 0.1) is 0 Å². The van der Waals surface area contributed by atoms with Crippen LogP contribution in [0.15, 0.2) is 162 Å². The Hall–Kier alpha value is -9.20. The zero-order valence-corrected chi connectivity index (χ0v) is 43.7. The fraction of sp³-hybridized carbons (Fsp3) is 0.0455. The van der Waals surface area contributed by atoms with E-state index in [0.717, 1.165) is 43.3 Å². The van der Waals surface area contributed by atoms with Crippen molar-refractivity contribution in [1.82, 2.24) is 15.0 Å². The van der Waals surface area contributed by atoms with E-state index >= 15 is 0 Å². The molecule has 0 bridgehead atoms. The van der Waals surface area contributed by atoms with E-state index in [1.54, 1.807) is 0 Å². The zero-order chi connectivity index (χ0) is 57.8. The quantitative estimate of drug-likeness (QED) is 0.0294. The van der Waals surface area contributed by atoms with Crippen molar-refractivity contribution in [2.45, 2.75) is 26.5 Å². The summed E-state index contributed by atoms with van der Waals surface area (Å²) < 4.78 is 171. The number of anilines is 5. The molecule has 0 atom stereocenters. The molecule has 0 unspecified atom stereocenters. The number of hydrogen-bond donors (Lipinski definition) is 8. The molecule has 8 aromatic rings. The lowest BCUT2D eigenvalue weighted by atomic mass is 10.1. The molecule has 0 saturated heterocycles. The van der Waals surface area contributed by atoms with Gasteiger partial charge in [-0.05, 0) is 88.2 Å². The number of aromatic nitrogens is 4. The van der Waals surface area contributed by atoms with Crippen LogP contribution >= 0.6 is 0 Å². The molecule has 2 heterocycles. The van der Waals surface area contributed by atoms with Crippen molar-refractivity contribution >= 4 is 136 Å². The van der Waals surface area contributed by atoms with E-state index in [9.17, 15) is 66.6 Å². The van der Waals surface area contributed by atoms with Gasteiger partial charge in [-0.1, -0.05) is 30.3 Å². The number of carboxylic acids is 1. The Morgan fingerprint density at radius 3 is 1.84 bits per heavy atom. The van der Waals surface area contributed by atoms with Crippen molar-refractivity contribution in [3.05, 3.63) is 127 Å². The normalized spacial score (nSPS) is 12.0. The third-order valence-electron chi connectivity index (χ3n) is 10.4. The third-order valence-corrected chi connectivity index (χ3v) is 13.9. The summed E-state index contributed by atoms with van der Waals surface area (Å²) in [5.74, 6) is -2.80. The molecule has 0 fully saturated rings. The number of nitrogens with one attached hydrogen (secondary N) is 3. The number of carboxylic acid groups (broad SMARTS) is 1. The van der Waals surface area contributed by atoms with Gasteiger partial charge in [0, 0.05) is 34.8 Å². The van der Waals surface area contributed by atoms with E-state index in [4.69, 9.17) is 17.4 Å². The van der Waals surface area contributed by atoms with Crippen molar-refractivity contribution in [2.75, 3.05) is 23.1 Å². The Morgan fingerprint density at radius 2 is 1.20 bits per heavy atom. The zero-order valence-electron chi connectivity index (χ0n) is 39.6. The van der Waals surface area contributed by atoms with Gasteiger partial charge in [0.1, 0.15) is 37.5 Å². The number of fused-ring (bicyclic) bond motifs is 2. The number of nitrogens with zero attached hydrogens (tertiary/aromatic N) is 8. The first-order valence-corrected chi connectivity index (χ1v) is 28.0. The summed E-state index contributed by atoms with van der Waals surface area (Å²) in [5, 5.41) is 34.2. The van der Waals surface area contributed by atoms with E-state index in [0.29, 0.717) is 0 Å². The van der Waals surface area contributed by atoms with Gasteiger partial charge in [-0.2, -0.15) is 33.7 Å². The van der Waals surface area contributed by atoms with Crippen LogP contribution in [0.2, 0.25) is 0 Å². The van der Waals surface area contributed by atoms with Gasteiger partial charge in [0.15, 0.2) is 0 Å². The van der Waals surface area contributed by atoms with Crippen molar-refractivity contribution in [2.24, 2.45) is 20.5 Å². The smallest absolute Gasteiger partial charge is 0.444 e. The lowest BCUT2D eigenvalue weighted by molar-refractivity contribution is -0.603. The second-order valence-corrected chi connectivity index (χ2v) is 21.7. The van der Waals surface area contributed by atoms with Gasteiger partial charge in [0.2, 0.25) is 5.91 Å². The molecule has 1 amide bonds. The van der Waals surface area contributed by atoms with Crippen LogP contribution in [0.25, 0.3) is 27.5 Å². The van der Waals surface area contributed by atoms with Crippen LogP contribution in [-0.2, 0) is 55.9 Å². The first kappa shape index (κ1) is 57.5. The molecule has 8 rings (SSSR count). The number of amides is 1. The highest BCUT2D eigenvalue weighted by Crippen LogP contribution is 2.43. The minimum atomic E-state index is -5.03. The Kier molecular flexibility index (Phi) is 16.6. The monoisotopic (exact) mass is 1180 g/mol. The summed E-state index contributed by atoms with van der Waals surface area (Å²) in [6.07, 6.45) is 2.59. The van der Waals surface area contributed by atoms with Crippen LogP contribution in [0.5, 0.6) is 5.75 Å². The number of methoxy groups -OCH3 is 1. The second kappa shape index (κ2) is 22.8. The molecular weight excluding hydrogens is 1150 g/mol. The van der Waals surface area contributed by atoms with Gasteiger partial charge in [-0.3, -0.25) is 23.0 Å². The molecule has 0 aliphatic rings. The van der Waals surface area contributed by atoms with Gasteiger partial charge >= 0.3 is 34.4 Å². The molecule has 30 nitrogen and oxygen atoms in total. The predicted molar refractivity (Wildman–Crippen MR) is 274 cm³/mol. The van der Waals surface area contributed by atoms with Crippen molar-refractivity contribution in [3.63, 3.8) is 0 Å². The van der Waals surface area contributed by atoms with Crippen LogP contribution in [0.1, 0.15) is 17.3 Å². The Bertz CT molecular complexity index is 4490. The minimum absolute atomic E-state index is 0.00751. The molecule has 35 heteroatoms. The first-order valence-electron chi connectivity index (χ1n) is 21.3. The van der Waals surface area contributed by atoms with Gasteiger partial charge in [-0.25, -0.2) is 9.36 Å². The fourth-order valence-corrected chi connectivity index (χ4v) is 9.83. The molecule has 6 aromatic carbocycles. The van der Waals surface area contributed by atoms with Gasteiger partial charge in [-0.15, -0.1) is 38.1 Å². The average Bonchev–Trinajstić information content (AvgIpc) is 3.55. The highest BCUT2D eigenvalue weighted by atomic mass is 32.2.